The average molecular weight is 392 g/mol. The number of benzene rings is 3. The number of phenolic OH excluding ortho intramolecular Hbond substituents is 1. The number of para-hydroxylation sites is 1. The summed E-state index contributed by atoms with van der Waals surface area (Å²) in [5.74, 6) is 0.409. The van der Waals surface area contributed by atoms with Gasteiger partial charge in [-0.25, -0.2) is 0 Å². The molecule has 0 fully saturated rings. The molecule has 0 saturated heterocycles. The highest BCUT2D eigenvalue weighted by Gasteiger charge is 2.23. The molecule has 0 saturated carbocycles. The van der Waals surface area contributed by atoms with Crippen LogP contribution in [0.15, 0.2) is 72.8 Å². The Morgan fingerprint density at radius 1 is 0.893 bits per heavy atom. The van der Waals surface area contributed by atoms with Crippen molar-refractivity contribution < 1.29 is 10.2 Å². The fraction of sp³-hybridized carbons (Fsp3) is 0.280. The van der Waals surface area contributed by atoms with E-state index in [1.807, 2.05) is 68.4 Å². The van der Waals surface area contributed by atoms with E-state index in [1.54, 1.807) is 0 Å². The average Bonchev–Trinajstić information content (AvgIpc) is 2.68. The van der Waals surface area contributed by atoms with Crippen molar-refractivity contribution in [2.45, 2.75) is 44.9 Å². The quantitative estimate of drug-likeness (QED) is 0.509. The topological polar surface area (TPSA) is 40.5 Å². The predicted molar refractivity (Wildman–Crippen MR) is 120 cm³/mol. The summed E-state index contributed by atoms with van der Waals surface area (Å²) in [5, 5.41) is 22.7. The molecule has 2 N–H and O–H groups in total. The van der Waals surface area contributed by atoms with Crippen LogP contribution >= 0.6 is 8.58 Å². The number of phenols is 1. The van der Waals surface area contributed by atoms with E-state index < -0.39 is 5.60 Å². The first kappa shape index (κ1) is 20.6. The van der Waals surface area contributed by atoms with E-state index in [2.05, 4.69) is 25.1 Å². The van der Waals surface area contributed by atoms with Gasteiger partial charge in [-0.05, 0) is 42.3 Å². The molecule has 0 aliphatic heterocycles. The van der Waals surface area contributed by atoms with Gasteiger partial charge in [0.25, 0.3) is 0 Å². The van der Waals surface area contributed by atoms with Crippen LogP contribution in [0.5, 0.6) is 5.75 Å². The van der Waals surface area contributed by atoms with Crippen molar-refractivity contribution in [3.05, 3.63) is 95.1 Å². The molecule has 0 spiro atoms. The molecule has 2 atom stereocenters. The standard InChI is InChI=1S/C25H29O2P/c1-4-22(28-23-16-9-8-15-21(23)25(2,3)27)20-14-10-13-19(24(20)26)17-18-11-6-5-7-12-18/h5-16,22,26-28H,4,17H2,1-3H3. The first-order chi connectivity index (χ1) is 13.4. The lowest BCUT2D eigenvalue weighted by atomic mass is 9.98. The first-order valence-electron chi connectivity index (χ1n) is 9.83. The monoisotopic (exact) mass is 392 g/mol. The molecule has 146 valence electrons. The van der Waals surface area contributed by atoms with E-state index in [1.165, 1.54) is 5.56 Å². The summed E-state index contributed by atoms with van der Waals surface area (Å²) in [4.78, 5) is 0. The lowest BCUT2D eigenvalue weighted by molar-refractivity contribution is 0.0797. The van der Waals surface area contributed by atoms with Crippen LogP contribution in [0.2, 0.25) is 0 Å². The first-order valence-corrected chi connectivity index (χ1v) is 10.9. The zero-order valence-corrected chi connectivity index (χ0v) is 17.8. The minimum absolute atomic E-state index is 0.222. The van der Waals surface area contributed by atoms with Crippen molar-refractivity contribution in [3.8, 4) is 5.75 Å². The highest BCUT2D eigenvalue weighted by molar-refractivity contribution is 7.47. The van der Waals surface area contributed by atoms with Crippen LogP contribution in [0.4, 0.5) is 0 Å². The van der Waals surface area contributed by atoms with E-state index in [0.29, 0.717) is 14.3 Å². The molecule has 0 aliphatic carbocycles. The highest BCUT2D eigenvalue weighted by atomic mass is 31.1. The molecule has 0 amide bonds. The molecule has 28 heavy (non-hydrogen) atoms. The fourth-order valence-corrected chi connectivity index (χ4v) is 5.29. The molecule has 3 aromatic rings. The van der Waals surface area contributed by atoms with E-state index >= 15 is 0 Å². The molecule has 3 heteroatoms. The Kier molecular flexibility index (Phi) is 6.54. The van der Waals surface area contributed by atoms with Crippen LogP contribution in [-0.2, 0) is 12.0 Å². The van der Waals surface area contributed by atoms with Crippen molar-refractivity contribution >= 4 is 13.9 Å². The zero-order valence-electron chi connectivity index (χ0n) is 16.8. The van der Waals surface area contributed by atoms with Gasteiger partial charge in [-0.3, -0.25) is 0 Å². The number of aliphatic hydroxyl groups is 1. The van der Waals surface area contributed by atoms with Gasteiger partial charge in [0, 0.05) is 17.6 Å². The van der Waals surface area contributed by atoms with E-state index in [-0.39, 0.29) is 5.66 Å². The molecule has 2 nitrogen and oxygen atoms in total. The van der Waals surface area contributed by atoms with Crippen molar-refractivity contribution in [2.75, 3.05) is 0 Å². The summed E-state index contributed by atoms with van der Waals surface area (Å²) < 4.78 is 0. The van der Waals surface area contributed by atoms with Crippen LogP contribution in [0.3, 0.4) is 0 Å². The molecule has 0 radical (unpaired) electrons. The third kappa shape index (κ3) is 4.82. The van der Waals surface area contributed by atoms with Crippen molar-refractivity contribution in [1.29, 1.82) is 0 Å². The summed E-state index contributed by atoms with van der Waals surface area (Å²) in [5.41, 5.74) is 3.46. The summed E-state index contributed by atoms with van der Waals surface area (Å²) in [7, 11) is 0.486. The van der Waals surface area contributed by atoms with E-state index in [4.69, 9.17) is 0 Å². The molecule has 3 rings (SSSR count). The smallest absolute Gasteiger partial charge is 0.122 e. The third-order valence-corrected chi connectivity index (χ3v) is 6.90. The normalized spacial score (nSPS) is 13.1. The third-order valence-electron chi connectivity index (χ3n) is 5.09. The Balaban J connectivity index is 1.91. The molecule has 2 unspecified atom stereocenters. The molecule has 0 bridgehead atoms. The van der Waals surface area contributed by atoms with Crippen LogP contribution in [0.1, 0.15) is 55.1 Å². The number of hydrogen-bond donors (Lipinski definition) is 2. The lowest BCUT2D eigenvalue weighted by Crippen LogP contribution is -2.23. The van der Waals surface area contributed by atoms with Gasteiger partial charge in [0.1, 0.15) is 5.75 Å². The SMILES string of the molecule is CCC(Pc1ccccc1C(C)(C)O)c1cccc(Cc2ccccc2)c1O. The van der Waals surface area contributed by atoms with Crippen LogP contribution in [0, 0.1) is 0 Å². The van der Waals surface area contributed by atoms with Gasteiger partial charge in [-0.2, -0.15) is 0 Å². The predicted octanol–water partition coefficient (Wildman–Crippen LogP) is 5.67. The molecule has 0 aromatic heterocycles. The van der Waals surface area contributed by atoms with Crippen LogP contribution in [0.25, 0.3) is 0 Å². The van der Waals surface area contributed by atoms with Gasteiger partial charge < -0.3 is 10.2 Å². The summed E-state index contributed by atoms with van der Waals surface area (Å²) in [6.45, 7) is 5.82. The zero-order chi connectivity index (χ0) is 20.1. The lowest BCUT2D eigenvalue weighted by Gasteiger charge is -2.25. The Morgan fingerprint density at radius 3 is 2.25 bits per heavy atom. The molecular weight excluding hydrogens is 363 g/mol. The van der Waals surface area contributed by atoms with Gasteiger partial charge >= 0.3 is 0 Å². The van der Waals surface area contributed by atoms with Gasteiger partial charge in [0.2, 0.25) is 0 Å². The van der Waals surface area contributed by atoms with Gasteiger partial charge in [0.15, 0.2) is 0 Å². The van der Waals surface area contributed by atoms with Gasteiger partial charge in [-0.1, -0.05) is 88.3 Å². The van der Waals surface area contributed by atoms with Gasteiger partial charge in [0.05, 0.1) is 5.60 Å². The molecule has 3 aromatic carbocycles. The number of rotatable bonds is 7. The number of aromatic hydroxyl groups is 1. The Labute approximate surface area is 170 Å². The number of hydrogen-bond acceptors (Lipinski definition) is 2. The second-order valence-corrected chi connectivity index (χ2v) is 9.25. The molecular formula is C25H29O2P. The van der Waals surface area contributed by atoms with Crippen molar-refractivity contribution in [1.82, 2.24) is 0 Å². The van der Waals surface area contributed by atoms with Crippen molar-refractivity contribution in [3.63, 3.8) is 0 Å². The largest absolute Gasteiger partial charge is 0.507 e. The maximum absolute atomic E-state index is 11.0. The summed E-state index contributed by atoms with van der Waals surface area (Å²) in [6, 6.07) is 24.4. The second kappa shape index (κ2) is 8.90. The maximum Gasteiger partial charge on any atom is 0.122 e. The van der Waals surface area contributed by atoms with Crippen LogP contribution in [-0.4, -0.2) is 10.2 Å². The maximum atomic E-state index is 11.0. The minimum atomic E-state index is -0.876. The Bertz CT molecular complexity index is 913. The van der Waals surface area contributed by atoms with E-state index in [0.717, 1.165) is 34.8 Å². The van der Waals surface area contributed by atoms with E-state index in [9.17, 15) is 10.2 Å². The highest BCUT2D eigenvalue weighted by Crippen LogP contribution is 2.43. The second-order valence-electron chi connectivity index (χ2n) is 7.73. The Hall–Kier alpha value is -2.15. The summed E-state index contributed by atoms with van der Waals surface area (Å²) in [6.07, 6.45) is 1.65. The molecule has 0 aliphatic rings. The Morgan fingerprint density at radius 2 is 1.57 bits per heavy atom. The van der Waals surface area contributed by atoms with Crippen LogP contribution < -0.4 is 5.30 Å². The summed E-state index contributed by atoms with van der Waals surface area (Å²) >= 11 is 0. The van der Waals surface area contributed by atoms with Crippen molar-refractivity contribution in [2.24, 2.45) is 0 Å². The minimum Gasteiger partial charge on any atom is -0.507 e. The van der Waals surface area contributed by atoms with Gasteiger partial charge in [-0.15, -0.1) is 0 Å². The molecule has 0 heterocycles. The fourth-order valence-electron chi connectivity index (χ4n) is 3.58.